The van der Waals surface area contributed by atoms with Crippen LogP contribution in [0.1, 0.15) is 49.4 Å². The van der Waals surface area contributed by atoms with Gasteiger partial charge in [-0.25, -0.2) is 9.97 Å². The molecule has 0 spiro atoms. The molecule has 2 heterocycles. The average molecular weight is 262 g/mol. The van der Waals surface area contributed by atoms with Crippen LogP contribution < -0.4 is 10.2 Å². The molecule has 5 nitrogen and oxygen atoms in total. The Morgan fingerprint density at radius 3 is 2.58 bits per heavy atom. The molecule has 5 heteroatoms. The highest BCUT2D eigenvalue weighted by atomic mass is 16.1. The Morgan fingerprint density at radius 2 is 1.95 bits per heavy atom. The molecule has 1 aromatic rings. The molecule has 1 amide bonds. The van der Waals surface area contributed by atoms with E-state index in [1.54, 1.807) is 12.4 Å². The SMILES string of the molecule is CCCCCNC(=O)c1cnc(N2CCCC2)nc1. The number of unbranched alkanes of at least 4 members (excludes halogenated alkanes) is 2. The third-order valence-electron chi connectivity index (χ3n) is 3.36. The zero-order valence-corrected chi connectivity index (χ0v) is 11.6. The fourth-order valence-electron chi connectivity index (χ4n) is 2.20. The first kappa shape index (κ1) is 13.8. The first-order chi connectivity index (χ1) is 9.31. The molecule has 19 heavy (non-hydrogen) atoms. The highest BCUT2D eigenvalue weighted by Crippen LogP contribution is 2.14. The Hall–Kier alpha value is -1.65. The van der Waals surface area contributed by atoms with Gasteiger partial charge in [-0.1, -0.05) is 19.8 Å². The Labute approximate surface area is 114 Å². The van der Waals surface area contributed by atoms with Gasteiger partial charge in [-0.3, -0.25) is 4.79 Å². The van der Waals surface area contributed by atoms with Crippen LogP contribution >= 0.6 is 0 Å². The predicted octanol–water partition coefficient (Wildman–Crippen LogP) is 2.00. The van der Waals surface area contributed by atoms with Crippen molar-refractivity contribution in [2.75, 3.05) is 24.5 Å². The van der Waals surface area contributed by atoms with Crippen LogP contribution in [0.4, 0.5) is 5.95 Å². The number of anilines is 1. The maximum Gasteiger partial charge on any atom is 0.254 e. The van der Waals surface area contributed by atoms with Gasteiger partial charge in [0.1, 0.15) is 0 Å². The van der Waals surface area contributed by atoms with E-state index in [1.807, 2.05) is 0 Å². The summed E-state index contributed by atoms with van der Waals surface area (Å²) in [6, 6.07) is 0. The van der Waals surface area contributed by atoms with Crippen molar-refractivity contribution in [3.05, 3.63) is 18.0 Å². The highest BCUT2D eigenvalue weighted by Gasteiger charge is 2.15. The van der Waals surface area contributed by atoms with Gasteiger partial charge >= 0.3 is 0 Å². The van der Waals surface area contributed by atoms with Gasteiger partial charge in [0.2, 0.25) is 5.95 Å². The van der Waals surface area contributed by atoms with E-state index in [2.05, 4.69) is 27.1 Å². The van der Waals surface area contributed by atoms with E-state index in [9.17, 15) is 4.79 Å². The fourth-order valence-corrected chi connectivity index (χ4v) is 2.20. The summed E-state index contributed by atoms with van der Waals surface area (Å²) in [6.45, 7) is 4.90. The van der Waals surface area contributed by atoms with Crippen molar-refractivity contribution in [2.45, 2.75) is 39.0 Å². The Balaban J connectivity index is 1.85. The number of nitrogens with one attached hydrogen (secondary N) is 1. The molecule has 1 aliphatic rings. The van der Waals surface area contributed by atoms with Gasteiger partial charge in [-0.05, 0) is 19.3 Å². The van der Waals surface area contributed by atoms with Crippen LogP contribution in [0.25, 0.3) is 0 Å². The summed E-state index contributed by atoms with van der Waals surface area (Å²) in [5, 5.41) is 2.89. The molecule has 0 saturated carbocycles. The average Bonchev–Trinajstić information content (AvgIpc) is 2.98. The molecule has 1 N–H and O–H groups in total. The predicted molar refractivity (Wildman–Crippen MR) is 75.3 cm³/mol. The second-order valence-corrected chi connectivity index (χ2v) is 4.93. The van der Waals surface area contributed by atoms with E-state index in [-0.39, 0.29) is 5.91 Å². The van der Waals surface area contributed by atoms with E-state index in [4.69, 9.17) is 0 Å². The molecule has 1 fully saturated rings. The van der Waals surface area contributed by atoms with Crippen LogP contribution in [-0.2, 0) is 0 Å². The number of nitrogens with zero attached hydrogens (tertiary/aromatic N) is 3. The second kappa shape index (κ2) is 7.07. The minimum Gasteiger partial charge on any atom is -0.352 e. The zero-order chi connectivity index (χ0) is 13.5. The van der Waals surface area contributed by atoms with Crippen LogP contribution in [0, 0.1) is 0 Å². The van der Waals surface area contributed by atoms with Gasteiger partial charge in [0.15, 0.2) is 0 Å². The van der Waals surface area contributed by atoms with Crippen molar-refractivity contribution in [2.24, 2.45) is 0 Å². The third-order valence-corrected chi connectivity index (χ3v) is 3.36. The molecule has 104 valence electrons. The Kier molecular flexibility index (Phi) is 5.12. The summed E-state index contributed by atoms with van der Waals surface area (Å²) < 4.78 is 0. The standard InChI is InChI=1S/C14H22N4O/c1-2-3-4-7-15-13(19)12-10-16-14(17-11-12)18-8-5-6-9-18/h10-11H,2-9H2,1H3,(H,15,19). The summed E-state index contributed by atoms with van der Waals surface area (Å²) in [5.74, 6) is 0.657. The van der Waals surface area contributed by atoms with Crippen molar-refractivity contribution >= 4 is 11.9 Å². The molecule has 1 aliphatic heterocycles. The molecule has 0 aromatic carbocycles. The maximum absolute atomic E-state index is 11.8. The second-order valence-electron chi connectivity index (χ2n) is 4.93. The van der Waals surface area contributed by atoms with Crippen molar-refractivity contribution < 1.29 is 4.79 Å². The number of aromatic nitrogens is 2. The van der Waals surface area contributed by atoms with Crippen molar-refractivity contribution in [3.8, 4) is 0 Å². The maximum atomic E-state index is 11.8. The lowest BCUT2D eigenvalue weighted by molar-refractivity contribution is 0.0952. The van der Waals surface area contributed by atoms with E-state index in [0.29, 0.717) is 5.56 Å². The number of hydrogen-bond donors (Lipinski definition) is 1. The molecule has 1 aromatic heterocycles. The number of rotatable bonds is 6. The number of amides is 1. The summed E-state index contributed by atoms with van der Waals surface area (Å²) in [7, 11) is 0. The van der Waals surface area contributed by atoms with Gasteiger partial charge in [-0.15, -0.1) is 0 Å². The van der Waals surface area contributed by atoms with E-state index in [0.717, 1.165) is 44.8 Å². The minimum atomic E-state index is -0.0796. The molecule has 0 atom stereocenters. The molecular weight excluding hydrogens is 240 g/mol. The number of hydrogen-bond acceptors (Lipinski definition) is 4. The topological polar surface area (TPSA) is 58.1 Å². The van der Waals surface area contributed by atoms with Crippen molar-refractivity contribution in [1.29, 1.82) is 0 Å². The lowest BCUT2D eigenvalue weighted by atomic mass is 10.2. The largest absolute Gasteiger partial charge is 0.352 e. The summed E-state index contributed by atoms with van der Waals surface area (Å²) in [5.41, 5.74) is 0.541. The van der Waals surface area contributed by atoms with Gasteiger partial charge in [0.25, 0.3) is 5.91 Å². The lowest BCUT2D eigenvalue weighted by Crippen LogP contribution is -2.25. The van der Waals surface area contributed by atoms with Crippen LogP contribution in [0.5, 0.6) is 0 Å². The Morgan fingerprint density at radius 1 is 1.26 bits per heavy atom. The fraction of sp³-hybridized carbons (Fsp3) is 0.643. The molecule has 2 rings (SSSR count). The van der Waals surface area contributed by atoms with Crippen LogP contribution in [-0.4, -0.2) is 35.5 Å². The summed E-state index contributed by atoms with van der Waals surface area (Å²) in [4.78, 5) is 22.6. The molecule has 0 aliphatic carbocycles. The van der Waals surface area contributed by atoms with Gasteiger partial charge in [0, 0.05) is 32.0 Å². The van der Waals surface area contributed by atoms with Crippen LogP contribution in [0.15, 0.2) is 12.4 Å². The lowest BCUT2D eigenvalue weighted by Gasteiger charge is -2.14. The minimum absolute atomic E-state index is 0.0796. The number of carbonyl (C=O) groups excluding carboxylic acids is 1. The van der Waals surface area contributed by atoms with Crippen molar-refractivity contribution in [1.82, 2.24) is 15.3 Å². The van der Waals surface area contributed by atoms with E-state index < -0.39 is 0 Å². The molecule has 0 radical (unpaired) electrons. The highest BCUT2D eigenvalue weighted by molar-refractivity contribution is 5.93. The van der Waals surface area contributed by atoms with Crippen LogP contribution in [0.3, 0.4) is 0 Å². The zero-order valence-electron chi connectivity index (χ0n) is 11.6. The smallest absolute Gasteiger partial charge is 0.254 e. The molecule has 0 bridgehead atoms. The quantitative estimate of drug-likeness (QED) is 0.797. The molecule has 1 saturated heterocycles. The molecular formula is C14H22N4O. The third kappa shape index (κ3) is 3.91. The van der Waals surface area contributed by atoms with Gasteiger partial charge < -0.3 is 10.2 Å². The first-order valence-electron chi connectivity index (χ1n) is 7.16. The molecule has 0 unspecified atom stereocenters. The number of carbonyl (C=O) groups is 1. The Bertz CT molecular complexity index is 398. The summed E-state index contributed by atoms with van der Waals surface area (Å²) >= 11 is 0. The summed E-state index contributed by atoms with van der Waals surface area (Å²) in [6.07, 6.45) is 8.96. The first-order valence-corrected chi connectivity index (χ1v) is 7.16. The van der Waals surface area contributed by atoms with Gasteiger partial charge in [-0.2, -0.15) is 0 Å². The normalized spacial score (nSPS) is 14.7. The monoisotopic (exact) mass is 262 g/mol. The van der Waals surface area contributed by atoms with E-state index in [1.165, 1.54) is 12.8 Å². The van der Waals surface area contributed by atoms with Crippen molar-refractivity contribution in [3.63, 3.8) is 0 Å². The van der Waals surface area contributed by atoms with Gasteiger partial charge in [0.05, 0.1) is 5.56 Å². The van der Waals surface area contributed by atoms with E-state index >= 15 is 0 Å². The van der Waals surface area contributed by atoms with Crippen LogP contribution in [0.2, 0.25) is 0 Å².